The van der Waals surface area contributed by atoms with Gasteiger partial charge in [0.15, 0.2) is 11.5 Å². The molecule has 27 heavy (non-hydrogen) atoms. The number of carbonyl (C=O) groups excluding carboxylic acids is 1. The van der Waals surface area contributed by atoms with Gasteiger partial charge in [-0.2, -0.15) is 0 Å². The Morgan fingerprint density at radius 3 is 2.56 bits per heavy atom. The molecule has 3 heterocycles. The maximum Gasteiger partial charge on any atom is 0.321 e. The van der Waals surface area contributed by atoms with Gasteiger partial charge in [0.2, 0.25) is 6.79 Å². The molecule has 1 N–H and O–H groups in total. The summed E-state index contributed by atoms with van der Waals surface area (Å²) in [5.74, 6) is 3.74. The Bertz CT molecular complexity index is 663. The predicted octanol–water partition coefficient (Wildman–Crippen LogP) is 3.64. The van der Waals surface area contributed by atoms with E-state index in [9.17, 15) is 4.79 Å². The van der Waals surface area contributed by atoms with Gasteiger partial charge in [-0.3, -0.25) is 0 Å². The predicted molar refractivity (Wildman–Crippen MR) is 105 cm³/mol. The van der Waals surface area contributed by atoms with Crippen LogP contribution in [0.1, 0.15) is 33.1 Å². The first-order valence-electron chi connectivity index (χ1n) is 10.2. The topological polar surface area (TPSA) is 54.0 Å². The van der Waals surface area contributed by atoms with Gasteiger partial charge in [0.1, 0.15) is 0 Å². The Morgan fingerprint density at radius 2 is 1.81 bits per heavy atom. The summed E-state index contributed by atoms with van der Waals surface area (Å²) in [7, 11) is 0. The summed E-state index contributed by atoms with van der Waals surface area (Å²) in [6.45, 7) is 10.3. The number of rotatable bonds is 3. The van der Waals surface area contributed by atoms with E-state index in [1.165, 1.54) is 26.1 Å². The van der Waals surface area contributed by atoms with Crippen molar-refractivity contribution < 1.29 is 14.3 Å². The first kappa shape index (κ1) is 18.4. The van der Waals surface area contributed by atoms with E-state index in [0.29, 0.717) is 11.7 Å². The third-order valence-electron chi connectivity index (χ3n) is 5.99. The highest BCUT2D eigenvalue weighted by atomic mass is 16.7. The fourth-order valence-electron chi connectivity index (χ4n) is 4.80. The van der Waals surface area contributed by atoms with Crippen LogP contribution < -0.4 is 14.8 Å². The highest BCUT2D eigenvalue weighted by Crippen LogP contribution is 2.34. The summed E-state index contributed by atoms with van der Waals surface area (Å²) < 4.78 is 10.7. The van der Waals surface area contributed by atoms with Gasteiger partial charge in [-0.1, -0.05) is 13.8 Å². The molecule has 2 saturated heterocycles. The fourth-order valence-corrected chi connectivity index (χ4v) is 4.80. The van der Waals surface area contributed by atoms with Crippen LogP contribution in [0, 0.1) is 17.8 Å². The Hall–Kier alpha value is -1.95. The number of nitrogens with zero attached hydrogens (tertiary/aromatic N) is 2. The molecule has 0 saturated carbocycles. The van der Waals surface area contributed by atoms with Crippen LogP contribution >= 0.6 is 0 Å². The second-order valence-corrected chi connectivity index (χ2v) is 8.59. The number of hydrogen-bond acceptors (Lipinski definition) is 4. The van der Waals surface area contributed by atoms with Gasteiger partial charge in [-0.05, 0) is 49.1 Å². The maximum absolute atomic E-state index is 12.6. The molecule has 3 aliphatic heterocycles. The van der Waals surface area contributed by atoms with Gasteiger partial charge >= 0.3 is 6.03 Å². The number of hydrogen-bond donors (Lipinski definition) is 1. The number of fused-ring (bicyclic) bond motifs is 1. The van der Waals surface area contributed by atoms with Crippen LogP contribution in [0.25, 0.3) is 0 Å². The SMILES string of the molecule is C[C@H]1C[C@H](C)CN(CC2CCN(C(=O)Nc3ccc4c(c3)OCO4)CC2)C1. The Kier molecular flexibility index (Phi) is 5.43. The molecule has 2 amide bonds. The molecule has 2 atom stereocenters. The third-order valence-corrected chi connectivity index (χ3v) is 5.99. The van der Waals surface area contributed by atoms with Crippen LogP contribution in [0.5, 0.6) is 11.5 Å². The first-order valence-corrected chi connectivity index (χ1v) is 10.2. The zero-order chi connectivity index (χ0) is 18.8. The average molecular weight is 373 g/mol. The normalized spacial score (nSPS) is 26.2. The zero-order valence-electron chi connectivity index (χ0n) is 16.4. The van der Waals surface area contributed by atoms with Crippen LogP contribution in [-0.4, -0.2) is 55.3 Å². The van der Waals surface area contributed by atoms with Gasteiger partial charge in [-0.25, -0.2) is 4.79 Å². The van der Waals surface area contributed by atoms with E-state index in [-0.39, 0.29) is 12.8 Å². The van der Waals surface area contributed by atoms with E-state index in [0.717, 1.165) is 49.2 Å². The van der Waals surface area contributed by atoms with Crippen LogP contribution in [-0.2, 0) is 0 Å². The Labute approximate surface area is 161 Å². The van der Waals surface area contributed by atoms with Gasteiger partial charge in [-0.15, -0.1) is 0 Å². The molecule has 0 aliphatic carbocycles. The molecule has 1 aromatic carbocycles. The number of ether oxygens (including phenoxy) is 2. The van der Waals surface area contributed by atoms with Crippen LogP contribution in [0.3, 0.4) is 0 Å². The van der Waals surface area contributed by atoms with Crippen molar-refractivity contribution >= 4 is 11.7 Å². The molecule has 0 aromatic heterocycles. The lowest BCUT2D eigenvalue weighted by Gasteiger charge is -2.39. The Morgan fingerprint density at radius 1 is 1.11 bits per heavy atom. The lowest BCUT2D eigenvalue weighted by Crippen LogP contribution is -2.46. The summed E-state index contributed by atoms with van der Waals surface area (Å²) in [4.78, 5) is 17.2. The zero-order valence-corrected chi connectivity index (χ0v) is 16.4. The van der Waals surface area contributed by atoms with Crippen LogP contribution in [0.15, 0.2) is 18.2 Å². The van der Waals surface area contributed by atoms with Crippen molar-refractivity contribution in [3.8, 4) is 11.5 Å². The van der Waals surface area contributed by atoms with E-state index < -0.39 is 0 Å². The minimum Gasteiger partial charge on any atom is -0.454 e. The van der Waals surface area contributed by atoms with E-state index in [1.54, 1.807) is 0 Å². The van der Waals surface area contributed by atoms with Crippen molar-refractivity contribution in [1.82, 2.24) is 9.80 Å². The molecule has 148 valence electrons. The molecule has 0 bridgehead atoms. The van der Waals surface area contributed by atoms with Gasteiger partial charge in [0.05, 0.1) is 0 Å². The molecule has 1 aromatic rings. The average Bonchev–Trinajstić information content (AvgIpc) is 3.09. The van der Waals surface area contributed by atoms with Gasteiger partial charge < -0.3 is 24.6 Å². The number of urea groups is 1. The number of carbonyl (C=O) groups is 1. The highest BCUT2D eigenvalue weighted by molar-refractivity contribution is 5.89. The van der Waals surface area contributed by atoms with Crippen molar-refractivity contribution in [2.75, 3.05) is 44.8 Å². The lowest BCUT2D eigenvalue weighted by atomic mass is 9.89. The second kappa shape index (κ2) is 7.97. The second-order valence-electron chi connectivity index (χ2n) is 8.59. The molecule has 6 nitrogen and oxygen atoms in total. The summed E-state index contributed by atoms with van der Waals surface area (Å²) >= 11 is 0. The number of nitrogens with one attached hydrogen (secondary N) is 1. The summed E-state index contributed by atoms with van der Waals surface area (Å²) in [5, 5.41) is 2.99. The van der Waals surface area contributed by atoms with E-state index in [2.05, 4.69) is 24.1 Å². The summed E-state index contributed by atoms with van der Waals surface area (Å²) in [6, 6.07) is 5.50. The molecular formula is C21H31N3O3. The summed E-state index contributed by atoms with van der Waals surface area (Å²) in [6.07, 6.45) is 3.54. The van der Waals surface area contributed by atoms with E-state index in [4.69, 9.17) is 9.47 Å². The largest absolute Gasteiger partial charge is 0.454 e. The van der Waals surface area contributed by atoms with Crippen LogP contribution in [0.2, 0.25) is 0 Å². The van der Waals surface area contributed by atoms with Crippen molar-refractivity contribution in [3.63, 3.8) is 0 Å². The quantitative estimate of drug-likeness (QED) is 0.879. The van der Waals surface area contributed by atoms with Crippen LogP contribution in [0.4, 0.5) is 10.5 Å². The first-order chi connectivity index (χ1) is 13.1. The highest BCUT2D eigenvalue weighted by Gasteiger charge is 2.28. The molecule has 2 fully saturated rings. The number of anilines is 1. The lowest BCUT2D eigenvalue weighted by molar-refractivity contribution is 0.101. The summed E-state index contributed by atoms with van der Waals surface area (Å²) in [5.41, 5.74) is 0.752. The third kappa shape index (κ3) is 4.49. The molecule has 0 unspecified atom stereocenters. The van der Waals surface area contributed by atoms with Crippen molar-refractivity contribution in [3.05, 3.63) is 18.2 Å². The maximum atomic E-state index is 12.6. The smallest absolute Gasteiger partial charge is 0.321 e. The Balaban J connectivity index is 1.24. The van der Waals surface area contributed by atoms with Crippen molar-refractivity contribution in [2.24, 2.45) is 17.8 Å². The standard InChI is InChI=1S/C21H31N3O3/c1-15-9-16(2)12-23(11-15)13-17-5-7-24(8-6-17)21(25)22-18-3-4-19-20(10-18)27-14-26-19/h3-4,10,15-17H,5-9,11-14H2,1-2H3,(H,22,25)/t15-,16-/m0/s1. The molecule has 6 heteroatoms. The number of amides is 2. The molecule has 3 aliphatic rings. The number of likely N-dealkylation sites (tertiary alicyclic amines) is 2. The van der Waals surface area contributed by atoms with Gasteiger partial charge in [0.25, 0.3) is 0 Å². The minimum atomic E-state index is -0.0208. The minimum absolute atomic E-state index is 0.0208. The monoisotopic (exact) mass is 373 g/mol. The van der Waals surface area contributed by atoms with E-state index >= 15 is 0 Å². The molecule has 0 spiro atoms. The van der Waals surface area contributed by atoms with Gasteiger partial charge in [0, 0.05) is 44.5 Å². The van der Waals surface area contributed by atoms with Crippen molar-refractivity contribution in [1.29, 1.82) is 0 Å². The molecule has 4 rings (SSSR count). The van der Waals surface area contributed by atoms with Crippen molar-refractivity contribution in [2.45, 2.75) is 33.1 Å². The number of piperidine rings is 2. The van der Waals surface area contributed by atoms with E-state index in [1.807, 2.05) is 23.1 Å². The fraction of sp³-hybridized carbons (Fsp3) is 0.667. The molecule has 0 radical (unpaired) electrons. The number of benzene rings is 1. The molecular weight excluding hydrogens is 342 g/mol.